The smallest absolute Gasteiger partial charge is 0.202 e. The first-order valence-electron chi connectivity index (χ1n) is 9.62. The summed E-state index contributed by atoms with van der Waals surface area (Å²) >= 11 is 0. The molecular weight excluding hydrogens is 392 g/mol. The van der Waals surface area contributed by atoms with Crippen LogP contribution in [0, 0.1) is 17.5 Å². The van der Waals surface area contributed by atoms with E-state index in [2.05, 4.69) is 19.7 Å². The van der Waals surface area contributed by atoms with Crippen molar-refractivity contribution in [2.45, 2.75) is 32.6 Å². The fourth-order valence-corrected chi connectivity index (χ4v) is 3.30. The molecule has 1 nitrogen and oxygen atoms in total. The van der Waals surface area contributed by atoms with Gasteiger partial charge in [-0.15, -0.1) is 6.58 Å². The molecule has 0 bridgehead atoms. The fourth-order valence-electron chi connectivity index (χ4n) is 3.30. The molecule has 0 unspecified atom stereocenters. The van der Waals surface area contributed by atoms with Crippen LogP contribution in [-0.4, -0.2) is 0 Å². The van der Waals surface area contributed by atoms with Crippen molar-refractivity contribution < 1.29 is 22.3 Å². The van der Waals surface area contributed by atoms with Crippen molar-refractivity contribution in [2.75, 3.05) is 0 Å². The van der Waals surface area contributed by atoms with E-state index in [-0.39, 0.29) is 40.0 Å². The molecule has 156 valence electrons. The van der Waals surface area contributed by atoms with Crippen molar-refractivity contribution in [3.8, 4) is 16.9 Å². The predicted octanol–water partition coefficient (Wildman–Crippen LogP) is 7.53. The summed E-state index contributed by atoms with van der Waals surface area (Å²) in [7, 11) is 0. The maximum absolute atomic E-state index is 14.8. The molecule has 0 amide bonds. The van der Waals surface area contributed by atoms with E-state index in [0.29, 0.717) is 19.3 Å². The highest BCUT2D eigenvalue weighted by atomic mass is 19.2. The van der Waals surface area contributed by atoms with Crippen LogP contribution in [-0.2, 0) is 12.8 Å². The zero-order chi connectivity index (χ0) is 22.0. The number of allylic oxidation sites excluding steroid dienone is 4. The lowest BCUT2D eigenvalue weighted by atomic mass is 9.93. The zero-order valence-corrected chi connectivity index (χ0v) is 16.8. The molecule has 2 aromatic rings. The lowest BCUT2D eigenvalue weighted by Gasteiger charge is -2.24. The second kappa shape index (κ2) is 8.74. The summed E-state index contributed by atoms with van der Waals surface area (Å²) in [6, 6.07) is 5.72. The van der Waals surface area contributed by atoms with E-state index in [1.54, 1.807) is 19.1 Å². The van der Waals surface area contributed by atoms with Gasteiger partial charge in [-0.3, -0.25) is 0 Å². The molecule has 0 fully saturated rings. The Hall–Kier alpha value is -3.08. The second-order valence-corrected chi connectivity index (χ2v) is 7.16. The molecule has 0 aliphatic carbocycles. The standard InChI is InChI=1S/C25H22F4O/c1-5-7-8-16-9-10-18(20(26)12-16)19-13-17-11-15(4)24(21(27)14(3)6-2)30-25(17)23(29)22(19)28/h5,9-10,12-13H,1,3-4,6-8,11H2,2H3/b24-21-. The lowest BCUT2D eigenvalue weighted by Crippen LogP contribution is -2.14. The van der Waals surface area contributed by atoms with Gasteiger partial charge in [-0.25, -0.2) is 13.2 Å². The largest absolute Gasteiger partial charge is 0.450 e. The Labute approximate surface area is 173 Å². The van der Waals surface area contributed by atoms with E-state index in [1.807, 2.05) is 0 Å². The number of benzene rings is 2. The first-order valence-corrected chi connectivity index (χ1v) is 9.62. The third kappa shape index (κ3) is 3.97. The molecule has 1 heterocycles. The van der Waals surface area contributed by atoms with Crippen LogP contribution in [0.2, 0.25) is 0 Å². The van der Waals surface area contributed by atoms with E-state index in [0.717, 1.165) is 5.56 Å². The predicted molar refractivity (Wildman–Crippen MR) is 111 cm³/mol. The highest BCUT2D eigenvalue weighted by Crippen LogP contribution is 2.41. The maximum Gasteiger partial charge on any atom is 0.202 e. The highest BCUT2D eigenvalue weighted by molar-refractivity contribution is 5.69. The SMILES string of the molecule is C=CCCc1ccc(-c2cc3c(c(F)c2F)O/C(=C(\F)C(=C)CC)C(=C)C3)c(F)c1. The quantitative estimate of drug-likeness (QED) is 0.351. The normalized spacial score (nSPS) is 14.8. The van der Waals surface area contributed by atoms with Gasteiger partial charge in [-0.2, -0.15) is 4.39 Å². The van der Waals surface area contributed by atoms with Gasteiger partial charge >= 0.3 is 0 Å². The molecule has 5 heteroatoms. The van der Waals surface area contributed by atoms with Gasteiger partial charge in [-0.05, 0) is 48.1 Å². The summed E-state index contributed by atoms with van der Waals surface area (Å²) in [5.74, 6) is -4.61. The van der Waals surface area contributed by atoms with Crippen LogP contribution >= 0.6 is 0 Å². The Morgan fingerprint density at radius 3 is 2.50 bits per heavy atom. The molecule has 30 heavy (non-hydrogen) atoms. The Morgan fingerprint density at radius 1 is 1.13 bits per heavy atom. The van der Waals surface area contributed by atoms with Gasteiger partial charge in [0.15, 0.2) is 23.2 Å². The van der Waals surface area contributed by atoms with Crippen LogP contribution in [0.3, 0.4) is 0 Å². The van der Waals surface area contributed by atoms with Crippen molar-refractivity contribution in [1.82, 2.24) is 0 Å². The Balaban J connectivity index is 2.06. The third-order valence-corrected chi connectivity index (χ3v) is 5.07. The number of fused-ring (bicyclic) bond motifs is 1. The Bertz CT molecular complexity index is 1080. The van der Waals surface area contributed by atoms with Crippen LogP contribution in [0.5, 0.6) is 5.75 Å². The van der Waals surface area contributed by atoms with Gasteiger partial charge < -0.3 is 4.74 Å². The number of rotatable bonds is 6. The van der Waals surface area contributed by atoms with Crippen molar-refractivity contribution in [2.24, 2.45) is 0 Å². The number of aryl methyl sites for hydroxylation is 1. The molecule has 3 rings (SSSR count). The van der Waals surface area contributed by atoms with Gasteiger partial charge in [0, 0.05) is 23.1 Å². The third-order valence-electron chi connectivity index (χ3n) is 5.07. The van der Waals surface area contributed by atoms with E-state index >= 15 is 0 Å². The number of ether oxygens (including phenoxy) is 1. The minimum absolute atomic E-state index is 0.0400. The molecule has 0 atom stereocenters. The van der Waals surface area contributed by atoms with Crippen LogP contribution < -0.4 is 4.74 Å². The van der Waals surface area contributed by atoms with E-state index in [1.165, 1.54) is 18.2 Å². The molecule has 1 aliphatic heterocycles. The van der Waals surface area contributed by atoms with Crippen molar-refractivity contribution in [3.63, 3.8) is 0 Å². The van der Waals surface area contributed by atoms with Crippen LogP contribution in [0.1, 0.15) is 30.9 Å². The molecule has 0 N–H and O–H groups in total. The monoisotopic (exact) mass is 414 g/mol. The van der Waals surface area contributed by atoms with Crippen molar-refractivity contribution in [3.05, 3.63) is 101 Å². The molecule has 2 aromatic carbocycles. The Morgan fingerprint density at radius 2 is 1.87 bits per heavy atom. The van der Waals surface area contributed by atoms with Crippen LogP contribution in [0.25, 0.3) is 11.1 Å². The minimum Gasteiger partial charge on any atom is -0.450 e. The maximum atomic E-state index is 14.8. The summed E-state index contributed by atoms with van der Waals surface area (Å²) in [6.07, 6.45) is 3.36. The molecule has 0 saturated heterocycles. The average molecular weight is 414 g/mol. The van der Waals surface area contributed by atoms with Crippen molar-refractivity contribution in [1.29, 1.82) is 0 Å². The van der Waals surface area contributed by atoms with Crippen LogP contribution in [0.15, 0.2) is 72.8 Å². The molecule has 0 aromatic heterocycles. The Kier molecular flexibility index (Phi) is 6.30. The van der Waals surface area contributed by atoms with E-state index in [4.69, 9.17) is 4.74 Å². The van der Waals surface area contributed by atoms with E-state index < -0.39 is 29.0 Å². The van der Waals surface area contributed by atoms with Crippen LogP contribution in [0.4, 0.5) is 17.6 Å². The number of hydrogen-bond acceptors (Lipinski definition) is 1. The summed E-state index contributed by atoms with van der Waals surface area (Å²) < 4.78 is 64.2. The second-order valence-electron chi connectivity index (χ2n) is 7.16. The molecule has 0 saturated carbocycles. The highest BCUT2D eigenvalue weighted by Gasteiger charge is 2.29. The van der Waals surface area contributed by atoms with Crippen molar-refractivity contribution >= 4 is 0 Å². The summed E-state index contributed by atoms with van der Waals surface area (Å²) in [4.78, 5) is 0. The fraction of sp³-hybridized carbons (Fsp3) is 0.200. The van der Waals surface area contributed by atoms with Gasteiger partial charge in [0.05, 0.1) is 0 Å². The summed E-state index contributed by atoms with van der Waals surface area (Å²) in [6.45, 7) is 12.7. The van der Waals surface area contributed by atoms with Gasteiger partial charge in [0.2, 0.25) is 5.82 Å². The number of halogens is 4. The van der Waals surface area contributed by atoms with Gasteiger partial charge in [0.1, 0.15) is 5.82 Å². The number of hydrogen-bond donors (Lipinski definition) is 0. The zero-order valence-electron chi connectivity index (χ0n) is 16.8. The average Bonchev–Trinajstić information content (AvgIpc) is 2.73. The van der Waals surface area contributed by atoms with Gasteiger partial charge in [0.25, 0.3) is 0 Å². The molecular formula is C25H22F4O. The van der Waals surface area contributed by atoms with E-state index in [9.17, 15) is 17.6 Å². The minimum atomic E-state index is -1.29. The molecule has 0 radical (unpaired) electrons. The van der Waals surface area contributed by atoms with Gasteiger partial charge in [-0.1, -0.05) is 38.3 Å². The summed E-state index contributed by atoms with van der Waals surface area (Å²) in [5.41, 5.74) is 1.16. The first-order chi connectivity index (χ1) is 14.3. The topological polar surface area (TPSA) is 9.23 Å². The molecule has 0 spiro atoms. The summed E-state index contributed by atoms with van der Waals surface area (Å²) in [5, 5.41) is 0. The lowest BCUT2D eigenvalue weighted by molar-refractivity contribution is 0.355. The first kappa shape index (κ1) is 21.6. The molecule has 1 aliphatic rings.